The number of amides is 1. The normalized spacial score (nSPS) is 32.0. The van der Waals surface area contributed by atoms with E-state index in [1.54, 1.807) is 6.07 Å². The van der Waals surface area contributed by atoms with Gasteiger partial charge < -0.3 is 10.6 Å². The lowest BCUT2D eigenvalue weighted by Gasteiger charge is -2.45. The van der Waals surface area contributed by atoms with Crippen LogP contribution in [-0.4, -0.2) is 18.0 Å². The van der Waals surface area contributed by atoms with Crippen LogP contribution in [0.2, 0.25) is 5.02 Å². The van der Waals surface area contributed by atoms with Crippen LogP contribution in [-0.2, 0) is 10.3 Å². The molecule has 3 aliphatic rings. The largest absolute Gasteiger partial charge is 0.379 e. The maximum Gasteiger partial charge on any atom is 0.251 e. The third-order valence-corrected chi connectivity index (χ3v) is 6.00. The van der Waals surface area contributed by atoms with Gasteiger partial charge in [0.2, 0.25) is 0 Å². The number of piperidine rings is 1. The minimum atomic E-state index is -0.874. The molecule has 25 heavy (non-hydrogen) atoms. The van der Waals surface area contributed by atoms with Gasteiger partial charge in [0, 0.05) is 28.9 Å². The number of nitrogens with one attached hydrogen (secondary N) is 3. The van der Waals surface area contributed by atoms with Gasteiger partial charge in [-0.15, -0.1) is 0 Å². The Kier molecular flexibility index (Phi) is 3.01. The molecular formula is C19H17ClFN3O. The lowest BCUT2D eigenvalue weighted by Crippen LogP contribution is -2.65. The predicted molar refractivity (Wildman–Crippen MR) is 95.5 cm³/mol. The zero-order valence-corrected chi connectivity index (χ0v) is 14.3. The number of para-hydroxylation sites is 1. The molecule has 2 aromatic carbocycles. The Labute approximate surface area is 149 Å². The molecule has 4 atom stereocenters. The first-order valence-electron chi connectivity index (χ1n) is 8.45. The summed E-state index contributed by atoms with van der Waals surface area (Å²) >= 11 is 5.97. The Balaban J connectivity index is 1.70. The summed E-state index contributed by atoms with van der Waals surface area (Å²) in [5.41, 5.74) is 2.61. The molecule has 0 bridgehead atoms. The van der Waals surface area contributed by atoms with Crippen LogP contribution in [0.4, 0.5) is 15.8 Å². The number of carbonyl (C=O) groups is 1. The highest BCUT2D eigenvalue weighted by molar-refractivity contribution is 6.31. The van der Waals surface area contributed by atoms with E-state index in [0.717, 1.165) is 28.9 Å². The highest BCUT2D eigenvalue weighted by atomic mass is 35.5. The molecule has 6 heteroatoms. The van der Waals surface area contributed by atoms with Crippen molar-refractivity contribution in [2.24, 2.45) is 0 Å². The van der Waals surface area contributed by atoms with Gasteiger partial charge in [-0.2, -0.15) is 0 Å². The third-order valence-electron chi connectivity index (χ3n) is 5.71. The van der Waals surface area contributed by atoms with Gasteiger partial charge in [-0.25, -0.2) is 4.39 Å². The summed E-state index contributed by atoms with van der Waals surface area (Å²) in [4.78, 5) is 13.1. The molecule has 1 spiro atoms. The molecule has 2 aromatic rings. The zero-order chi connectivity index (χ0) is 17.3. The molecule has 2 unspecified atom stereocenters. The van der Waals surface area contributed by atoms with Crippen molar-refractivity contribution >= 4 is 28.9 Å². The number of carbonyl (C=O) groups excluding carboxylic acids is 1. The van der Waals surface area contributed by atoms with Crippen LogP contribution >= 0.6 is 11.6 Å². The Morgan fingerprint density at radius 2 is 2.04 bits per heavy atom. The summed E-state index contributed by atoms with van der Waals surface area (Å²) in [5.74, 6) is -0.448. The molecule has 0 aromatic heterocycles. The number of rotatable bonds is 0. The average molecular weight is 358 g/mol. The molecular weight excluding hydrogens is 341 g/mol. The molecule has 3 N–H and O–H groups in total. The van der Waals surface area contributed by atoms with E-state index < -0.39 is 11.4 Å². The quantitative estimate of drug-likeness (QED) is 0.675. The first-order valence-corrected chi connectivity index (χ1v) is 8.82. The van der Waals surface area contributed by atoms with Crippen molar-refractivity contribution in [3.8, 4) is 0 Å². The zero-order valence-electron chi connectivity index (χ0n) is 13.6. The van der Waals surface area contributed by atoms with Gasteiger partial charge in [0.1, 0.15) is 11.4 Å². The van der Waals surface area contributed by atoms with Gasteiger partial charge in [0.05, 0.1) is 11.1 Å². The molecule has 128 valence electrons. The summed E-state index contributed by atoms with van der Waals surface area (Å²) in [5, 5.41) is 10.1. The van der Waals surface area contributed by atoms with Crippen LogP contribution in [0.15, 0.2) is 36.4 Å². The second-order valence-electron chi connectivity index (χ2n) is 7.17. The van der Waals surface area contributed by atoms with Crippen LogP contribution in [0, 0.1) is 5.82 Å². The van der Waals surface area contributed by atoms with Crippen LogP contribution in [0.3, 0.4) is 0 Å². The fourth-order valence-electron chi connectivity index (χ4n) is 4.76. The number of fused-ring (bicyclic) bond motifs is 6. The summed E-state index contributed by atoms with van der Waals surface area (Å²) in [6, 6.07) is 10.8. The monoisotopic (exact) mass is 357 g/mol. The van der Waals surface area contributed by atoms with Gasteiger partial charge in [0.25, 0.3) is 5.91 Å². The highest BCUT2D eigenvalue weighted by Gasteiger charge is 2.60. The van der Waals surface area contributed by atoms with Gasteiger partial charge in [-0.1, -0.05) is 29.8 Å². The smallest absolute Gasteiger partial charge is 0.251 e. The average Bonchev–Trinajstić information content (AvgIpc) is 3.05. The molecule has 0 aliphatic carbocycles. The topological polar surface area (TPSA) is 53.2 Å². The molecule has 3 aliphatic heterocycles. The van der Waals surface area contributed by atoms with Crippen molar-refractivity contribution in [2.45, 2.75) is 36.9 Å². The number of anilines is 2. The molecule has 3 heterocycles. The van der Waals surface area contributed by atoms with Gasteiger partial charge >= 0.3 is 0 Å². The number of hydrogen-bond donors (Lipinski definition) is 3. The molecule has 4 nitrogen and oxygen atoms in total. The van der Waals surface area contributed by atoms with Crippen molar-refractivity contribution in [1.29, 1.82) is 0 Å². The summed E-state index contributed by atoms with van der Waals surface area (Å²) in [6.45, 7) is 2.07. The number of hydrogen-bond acceptors (Lipinski definition) is 3. The van der Waals surface area contributed by atoms with Gasteiger partial charge in [0.15, 0.2) is 0 Å². The van der Waals surface area contributed by atoms with Crippen LogP contribution in [0.1, 0.15) is 30.4 Å². The second-order valence-corrected chi connectivity index (χ2v) is 7.58. The van der Waals surface area contributed by atoms with E-state index >= 15 is 0 Å². The first kappa shape index (κ1) is 15.2. The van der Waals surface area contributed by atoms with Crippen molar-refractivity contribution in [1.82, 2.24) is 5.32 Å². The molecule has 0 saturated carbocycles. The Morgan fingerprint density at radius 3 is 2.88 bits per heavy atom. The molecule has 1 saturated heterocycles. The minimum Gasteiger partial charge on any atom is -0.379 e. The van der Waals surface area contributed by atoms with E-state index in [9.17, 15) is 9.18 Å². The van der Waals surface area contributed by atoms with Crippen molar-refractivity contribution in [2.75, 3.05) is 10.6 Å². The van der Waals surface area contributed by atoms with Gasteiger partial charge in [-0.05, 0) is 37.1 Å². The van der Waals surface area contributed by atoms with E-state index in [2.05, 4.69) is 22.9 Å². The minimum absolute atomic E-state index is 0.0370. The van der Waals surface area contributed by atoms with Crippen LogP contribution < -0.4 is 16.0 Å². The maximum atomic E-state index is 14.1. The first-order chi connectivity index (χ1) is 12.0. The van der Waals surface area contributed by atoms with E-state index in [1.165, 1.54) is 6.07 Å². The molecule has 0 radical (unpaired) electrons. The van der Waals surface area contributed by atoms with Crippen molar-refractivity contribution < 1.29 is 9.18 Å². The number of benzene rings is 2. The van der Waals surface area contributed by atoms with Crippen molar-refractivity contribution in [3.63, 3.8) is 0 Å². The molecule has 1 amide bonds. The Bertz CT molecular complexity index is 918. The predicted octanol–water partition coefficient (Wildman–Crippen LogP) is 3.59. The molecule has 1 fully saturated rings. The van der Waals surface area contributed by atoms with E-state index in [1.807, 2.05) is 24.3 Å². The third kappa shape index (κ3) is 1.88. The summed E-state index contributed by atoms with van der Waals surface area (Å²) < 4.78 is 14.1. The standard InChI is InChI=1S/C19H17ClFN3O/c1-9-6-11-10-7-14(21)13(20)8-16(10)22-17(11)19(24-9)12-4-2-3-5-15(12)23-18(19)25/h2-5,7-9,11,17,22,24H,6H2,1H3,(H,23,25)/t9-,11?,17?,19-/m1/s1. The molecule has 5 rings (SSSR count). The fraction of sp³-hybridized carbons (Fsp3) is 0.316. The van der Waals surface area contributed by atoms with E-state index in [-0.39, 0.29) is 28.9 Å². The van der Waals surface area contributed by atoms with E-state index in [4.69, 9.17) is 11.6 Å². The lowest BCUT2D eigenvalue weighted by molar-refractivity contribution is -0.124. The Morgan fingerprint density at radius 1 is 1.24 bits per heavy atom. The van der Waals surface area contributed by atoms with Crippen molar-refractivity contribution in [3.05, 3.63) is 58.4 Å². The van der Waals surface area contributed by atoms with Crippen LogP contribution in [0.5, 0.6) is 0 Å². The van der Waals surface area contributed by atoms with Crippen LogP contribution in [0.25, 0.3) is 0 Å². The highest BCUT2D eigenvalue weighted by Crippen LogP contribution is 2.52. The van der Waals surface area contributed by atoms with E-state index in [0.29, 0.717) is 0 Å². The SMILES string of the molecule is C[C@@H]1CC2c3cc(F)c(Cl)cc3NC2[C@@]2(N1)C(=O)Nc1ccccc12. The van der Waals surface area contributed by atoms with Gasteiger partial charge in [-0.3, -0.25) is 10.1 Å². The lowest BCUT2D eigenvalue weighted by atomic mass is 9.71. The summed E-state index contributed by atoms with van der Waals surface area (Å²) in [6.07, 6.45) is 0.822. The Hall–Kier alpha value is -2.11. The fourth-order valence-corrected chi connectivity index (χ4v) is 4.93. The second kappa shape index (κ2) is 4.96. The number of halogens is 2. The summed E-state index contributed by atoms with van der Waals surface area (Å²) in [7, 11) is 0. The maximum absolute atomic E-state index is 14.1.